The number of piperidine rings is 1. The van der Waals surface area contributed by atoms with Crippen molar-refractivity contribution in [3.05, 3.63) is 101 Å². The molecule has 0 bridgehead atoms. The average molecular weight is 452 g/mol. The molecule has 2 N–H and O–H groups in total. The average Bonchev–Trinajstić information content (AvgIpc) is 2.85. The molecule has 4 nitrogen and oxygen atoms in total. The lowest BCUT2D eigenvalue weighted by Gasteiger charge is -2.42. The Bertz CT molecular complexity index is 918. The first-order valence-electron chi connectivity index (χ1n) is 11.2. The molecule has 3 aromatic rings. The summed E-state index contributed by atoms with van der Waals surface area (Å²) >= 11 is 5.90. The summed E-state index contributed by atoms with van der Waals surface area (Å²) in [6.07, 6.45) is 1.13. The van der Waals surface area contributed by atoms with E-state index in [0.29, 0.717) is 17.3 Å². The number of hydrogen-bond acceptors (Lipinski definition) is 4. The number of rotatable bonds is 8. The lowest BCUT2D eigenvalue weighted by Crippen LogP contribution is -2.46. The number of benzene rings is 3. The van der Waals surface area contributed by atoms with Crippen molar-refractivity contribution in [2.75, 3.05) is 26.2 Å². The normalized spacial score (nSPS) is 16.6. The van der Waals surface area contributed by atoms with Crippen LogP contribution in [0.1, 0.15) is 24.0 Å². The first kappa shape index (κ1) is 22.8. The fraction of sp³-hybridized carbons (Fsp3) is 0.333. The minimum atomic E-state index is -1.02. The quantitative estimate of drug-likeness (QED) is 0.520. The van der Waals surface area contributed by atoms with Gasteiger partial charge in [-0.1, -0.05) is 72.3 Å². The van der Waals surface area contributed by atoms with E-state index >= 15 is 0 Å². The van der Waals surface area contributed by atoms with E-state index in [2.05, 4.69) is 4.90 Å². The largest absolute Gasteiger partial charge is 0.491 e. The Kier molecular flexibility index (Phi) is 7.48. The highest BCUT2D eigenvalue weighted by Crippen LogP contribution is 2.41. The first-order valence-corrected chi connectivity index (χ1v) is 11.6. The van der Waals surface area contributed by atoms with Crippen LogP contribution in [-0.2, 0) is 5.60 Å². The van der Waals surface area contributed by atoms with Crippen molar-refractivity contribution in [3.8, 4) is 5.75 Å². The Balaban J connectivity index is 1.36. The molecule has 3 aromatic carbocycles. The number of aliphatic hydroxyl groups excluding tert-OH is 1. The molecule has 1 aliphatic rings. The van der Waals surface area contributed by atoms with Gasteiger partial charge in [0.2, 0.25) is 0 Å². The molecule has 1 fully saturated rings. The molecule has 0 radical (unpaired) electrons. The van der Waals surface area contributed by atoms with Crippen LogP contribution < -0.4 is 4.74 Å². The molecule has 0 aromatic heterocycles. The molecule has 168 valence electrons. The van der Waals surface area contributed by atoms with Gasteiger partial charge in [-0.3, -0.25) is 0 Å². The molecule has 1 aliphatic heterocycles. The first-order chi connectivity index (χ1) is 15.6. The molecular weight excluding hydrogens is 422 g/mol. The van der Waals surface area contributed by atoms with Crippen LogP contribution in [0.4, 0.5) is 0 Å². The molecular formula is C27H30ClNO3. The number of nitrogens with zero attached hydrogens (tertiary/aromatic N) is 1. The maximum atomic E-state index is 12.0. The van der Waals surface area contributed by atoms with E-state index in [1.165, 1.54) is 0 Å². The second-order valence-corrected chi connectivity index (χ2v) is 8.93. The Labute approximate surface area is 195 Å². The molecule has 1 unspecified atom stereocenters. The standard InChI is InChI=1S/C27H30ClNO3/c28-24-11-13-26(14-12-24)32-20-25(30)19-29-17-15-23(16-18-29)27(31,21-7-3-1-4-8-21)22-9-5-2-6-10-22/h1-14,23,25,30-31H,15-20H2. The second kappa shape index (κ2) is 10.5. The summed E-state index contributed by atoms with van der Waals surface area (Å²) in [6, 6.07) is 27.1. The maximum Gasteiger partial charge on any atom is 0.119 e. The molecule has 1 saturated heterocycles. The van der Waals surface area contributed by atoms with E-state index in [9.17, 15) is 10.2 Å². The summed E-state index contributed by atoms with van der Waals surface area (Å²) in [5.74, 6) is 0.800. The molecule has 5 heteroatoms. The lowest BCUT2D eigenvalue weighted by molar-refractivity contribution is -0.0222. The van der Waals surface area contributed by atoms with Gasteiger partial charge in [0.1, 0.15) is 24.1 Å². The molecule has 0 amide bonds. The lowest BCUT2D eigenvalue weighted by atomic mass is 9.72. The molecule has 32 heavy (non-hydrogen) atoms. The fourth-order valence-corrected chi connectivity index (χ4v) is 4.76. The smallest absolute Gasteiger partial charge is 0.119 e. The third-order valence-corrected chi connectivity index (χ3v) is 6.58. The minimum Gasteiger partial charge on any atom is -0.491 e. The number of likely N-dealkylation sites (tertiary alicyclic amines) is 1. The molecule has 0 aliphatic carbocycles. The highest BCUT2D eigenvalue weighted by molar-refractivity contribution is 6.30. The summed E-state index contributed by atoms with van der Waals surface area (Å²) in [5.41, 5.74) is 0.840. The van der Waals surface area contributed by atoms with Gasteiger partial charge >= 0.3 is 0 Å². The fourth-order valence-electron chi connectivity index (χ4n) is 4.63. The van der Waals surface area contributed by atoms with E-state index in [1.54, 1.807) is 24.3 Å². The van der Waals surface area contributed by atoms with Gasteiger partial charge in [-0.05, 0) is 67.2 Å². The minimum absolute atomic E-state index is 0.103. The highest BCUT2D eigenvalue weighted by atomic mass is 35.5. The van der Waals surface area contributed by atoms with E-state index in [-0.39, 0.29) is 12.5 Å². The number of ether oxygens (including phenoxy) is 1. The zero-order valence-electron chi connectivity index (χ0n) is 18.1. The van der Waals surface area contributed by atoms with Crippen LogP contribution in [0.2, 0.25) is 5.02 Å². The molecule has 1 atom stereocenters. The van der Waals surface area contributed by atoms with E-state index < -0.39 is 11.7 Å². The van der Waals surface area contributed by atoms with Gasteiger partial charge in [0.25, 0.3) is 0 Å². The number of aliphatic hydroxyl groups is 2. The van der Waals surface area contributed by atoms with Gasteiger partial charge in [0.05, 0.1) is 0 Å². The van der Waals surface area contributed by atoms with E-state index in [1.807, 2.05) is 60.7 Å². The van der Waals surface area contributed by atoms with Crippen molar-refractivity contribution < 1.29 is 14.9 Å². The van der Waals surface area contributed by atoms with Crippen molar-refractivity contribution in [2.24, 2.45) is 5.92 Å². The SMILES string of the molecule is OC(COc1ccc(Cl)cc1)CN1CCC(C(O)(c2ccccc2)c2ccccc2)CC1. The summed E-state index contributed by atoms with van der Waals surface area (Å²) < 4.78 is 5.68. The third kappa shape index (κ3) is 5.33. The van der Waals surface area contributed by atoms with Crippen LogP contribution in [0.3, 0.4) is 0 Å². The predicted octanol–water partition coefficient (Wildman–Crippen LogP) is 4.73. The zero-order chi connectivity index (χ0) is 22.4. The molecule has 4 rings (SSSR count). The van der Waals surface area contributed by atoms with Crippen LogP contribution in [0.15, 0.2) is 84.9 Å². The van der Waals surface area contributed by atoms with Gasteiger partial charge in [-0.2, -0.15) is 0 Å². The highest BCUT2D eigenvalue weighted by Gasteiger charge is 2.41. The summed E-state index contributed by atoms with van der Waals surface area (Å²) in [7, 11) is 0. The van der Waals surface area contributed by atoms with E-state index in [4.69, 9.17) is 16.3 Å². The Morgan fingerprint density at radius 2 is 1.41 bits per heavy atom. The van der Waals surface area contributed by atoms with Crippen LogP contribution in [0, 0.1) is 5.92 Å². The van der Waals surface area contributed by atoms with E-state index in [0.717, 1.165) is 37.1 Å². The molecule has 0 spiro atoms. The zero-order valence-corrected chi connectivity index (χ0v) is 18.9. The van der Waals surface area contributed by atoms with Gasteiger partial charge in [0.15, 0.2) is 0 Å². The van der Waals surface area contributed by atoms with Gasteiger partial charge in [-0.15, -0.1) is 0 Å². The summed E-state index contributed by atoms with van der Waals surface area (Å²) in [6.45, 7) is 2.43. The van der Waals surface area contributed by atoms with Crippen LogP contribution in [0.5, 0.6) is 5.75 Å². The summed E-state index contributed by atoms with van der Waals surface area (Å²) in [5, 5.41) is 23.1. The summed E-state index contributed by atoms with van der Waals surface area (Å²) in [4.78, 5) is 2.25. The van der Waals surface area contributed by atoms with Gasteiger partial charge in [0, 0.05) is 11.6 Å². The van der Waals surface area contributed by atoms with Crippen LogP contribution in [-0.4, -0.2) is 47.5 Å². The maximum absolute atomic E-state index is 12.0. The molecule has 0 saturated carbocycles. The van der Waals surface area contributed by atoms with Crippen molar-refractivity contribution in [1.29, 1.82) is 0 Å². The predicted molar refractivity (Wildman–Crippen MR) is 128 cm³/mol. The Morgan fingerprint density at radius 1 is 0.875 bits per heavy atom. The van der Waals surface area contributed by atoms with Gasteiger partial charge < -0.3 is 19.8 Å². The Hall–Kier alpha value is -2.37. The third-order valence-electron chi connectivity index (χ3n) is 6.33. The van der Waals surface area contributed by atoms with Crippen LogP contribution in [0.25, 0.3) is 0 Å². The number of hydrogen-bond donors (Lipinski definition) is 2. The van der Waals surface area contributed by atoms with Crippen LogP contribution >= 0.6 is 11.6 Å². The monoisotopic (exact) mass is 451 g/mol. The van der Waals surface area contributed by atoms with Gasteiger partial charge in [-0.25, -0.2) is 0 Å². The van der Waals surface area contributed by atoms with Crippen molar-refractivity contribution in [1.82, 2.24) is 4.90 Å². The Morgan fingerprint density at radius 3 is 1.94 bits per heavy atom. The topological polar surface area (TPSA) is 52.9 Å². The van der Waals surface area contributed by atoms with Crippen molar-refractivity contribution in [3.63, 3.8) is 0 Å². The number of halogens is 1. The molecule has 1 heterocycles. The van der Waals surface area contributed by atoms with Crippen molar-refractivity contribution >= 4 is 11.6 Å². The second-order valence-electron chi connectivity index (χ2n) is 8.49. The number of β-amino-alcohol motifs (C(OH)–C–C–N with tert-alkyl or cyclic N) is 1. The van der Waals surface area contributed by atoms with Crippen molar-refractivity contribution in [2.45, 2.75) is 24.5 Å².